The molecule has 1 aliphatic heterocycles. The van der Waals surface area contributed by atoms with E-state index in [1.165, 1.54) is 17.0 Å². The second kappa shape index (κ2) is 8.33. The number of nitrogens with zero attached hydrogens (tertiary/aromatic N) is 2. The lowest BCUT2D eigenvalue weighted by molar-refractivity contribution is -0.137. The van der Waals surface area contributed by atoms with Crippen molar-refractivity contribution < 1.29 is 22.8 Å². The largest absolute Gasteiger partial charge is 0.416 e. The normalized spacial score (nSPS) is 15.9. The summed E-state index contributed by atoms with van der Waals surface area (Å²) in [5.74, 6) is -0.472. The maximum absolute atomic E-state index is 12.8. The van der Waals surface area contributed by atoms with Crippen LogP contribution >= 0.6 is 0 Å². The minimum atomic E-state index is -4.47. The molecule has 0 unspecified atom stereocenters. The third-order valence-corrected chi connectivity index (χ3v) is 4.04. The summed E-state index contributed by atoms with van der Waals surface area (Å²) in [6.45, 7) is 4.68. The van der Waals surface area contributed by atoms with E-state index in [0.717, 1.165) is 18.6 Å². The zero-order chi connectivity index (χ0) is 18.4. The van der Waals surface area contributed by atoms with Gasteiger partial charge < -0.3 is 10.2 Å². The zero-order valence-corrected chi connectivity index (χ0v) is 14.1. The SMILES string of the molecule is CCCNC(=O)CN1CCN(C(=O)c2cccc(C(F)(F)F)c2)CC1. The van der Waals surface area contributed by atoms with Gasteiger partial charge in [-0.1, -0.05) is 13.0 Å². The summed E-state index contributed by atoms with van der Waals surface area (Å²) in [4.78, 5) is 27.6. The summed E-state index contributed by atoms with van der Waals surface area (Å²) >= 11 is 0. The van der Waals surface area contributed by atoms with Crippen LogP contribution in [0.1, 0.15) is 29.3 Å². The number of carbonyl (C=O) groups is 2. The Morgan fingerprint density at radius 2 is 1.84 bits per heavy atom. The van der Waals surface area contributed by atoms with Crippen LogP contribution in [0.15, 0.2) is 24.3 Å². The number of nitrogens with one attached hydrogen (secondary N) is 1. The van der Waals surface area contributed by atoms with Crippen molar-refractivity contribution >= 4 is 11.8 Å². The van der Waals surface area contributed by atoms with Crippen LogP contribution in [0.2, 0.25) is 0 Å². The van der Waals surface area contributed by atoms with Crippen molar-refractivity contribution in [3.63, 3.8) is 0 Å². The first-order valence-electron chi connectivity index (χ1n) is 8.27. The lowest BCUT2D eigenvalue weighted by atomic mass is 10.1. The fourth-order valence-corrected chi connectivity index (χ4v) is 2.64. The minimum absolute atomic E-state index is 0.0314. The molecular weight excluding hydrogens is 335 g/mol. The Kier molecular flexibility index (Phi) is 6.41. The molecule has 0 atom stereocenters. The molecule has 0 aromatic heterocycles. The highest BCUT2D eigenvalue weighted by atomic mass is 19.4. The van der Waals surface area contributed by atoms with E-state index in [1.54, 1.807) is 0 Å². The van der Waals surface area contributed by atoms with Gasteiger partial charge in [0.05, 0.1) is 12.1 Å². The minimum Gasteiger partial charge on any atom is -0.355 e. The van der Waals surface area contributed by atoms with Crippen molar-refractivity contribution in [2.45, 2.75) is 19.5 Å². The van der Waals surface area contributed by atoms with Gasteiger partial charge in [0.15, 0.2) is 0 Å². The molecule has 1 heterocycles. The summed E-state index contributed by atoms with van der Waals surface area (Å²) in [6, 6.07) is 4.46. The predicted octanol–water partition coefficient (Wildman–Crippen LogP) is 1.99. The van der Waals surface area contributed by atoms with E-state index in [2.05, 4.69) is 5.32 Å². The van der Waals surface area contributed by atoms with Crippen LogP contribution < -0.4 is 5.32 Å². The molecular formula is C17H22F3N3O2. The number of hydrogen-bond donors (Lipinski definition) is 1. The van der Waals surface area contributed by atoms with Crippen molar-refractivity contribution in [1.29, 1.82) is 0 Å². The van der Waals surface area contributed by atoms with E-state index in [4.69, 9.17) is 0 Å². The number of alkyl halides is 3. The van der Waals surface area contributed by atoms with Crippen molar-refractivity contribution in [3.05, 3.63) is 35.4 Å². The predicted molar refractivity (Wildman–Crippen MR) is 87.1 cm³/mol. The maximum atomic E-state index is 12.8. The lowest BCUT2D eigenvalue weighted by Gasteiger charge is -2.34. The van der Waals surface area contributed by atoms with E-state index >= 15 is 0 Å². The van der Waals surface area contributed by atoms with Gasteiger partial charge in [-0.05, 0) is 24.6 Å². The Balaban J connectivity index is 1.90. The summed E-state index contributed by atoms with van der Waals surface area (Å²) in [6.07, 6.45) is -3.61. The smallest absolute Gasteiger partial charge is 0.355 e. The van der Waals surface area contributed by atoms with E-state index < -0.39 is 17.6 Å². The average Bonchev–Trinajstić information content (AvgIpc) is 2.59. The lowest BCUT2D eigenvalue weighted by Crippen LogP contribution is -2.51. The van der Waals surface area contributed by atoms with Gasteiger partial charge in [-0.15, -0.1) is 0 Å². The first-order valence-corrected chi connectivity index (χ1v) is 8.27. The van der Waals surface area contributed by atoms with Crippen molar-refractivity contribution in [2.75, 3.05) is 39.3 Å². The first-order chi connectivity index (χ1) is 11.8. The zero-order valence-electron chi connectivity index (χ0n) is 14.1. The Morgan fingerprint density at radius 3 is 2.44 bits per heavy atom. The number of hydrogen-bond acceptors (Lipinski definition) is 3. The van der Waals surface area contributed by atoms with Crippen LogP contribution in [-0.4, -0.2) is 60.9 Å². The topological polar surface area (TPSA) is 52.7 Å². The second-order valence-corrected chi connectivity index (χ2v) is 6.00. The molecule has 5 nitrogen and oxygen atoms in total. The highest BCUT2D eigenvalue weighted by molar-refractivity contribution is 5.94. The molecule has 1 aromatic carbocycles. The number of benzene rings is 1. The molecule has 25 heavy (non-hydrogen) atoms. The third kappa shape index (κ3) is 5.45. The Hall–Kier alpha value is -2.09. The highest BCUT2D eigenvalue weighted by Crippen LogP contribution is 2.29. The fourth-order valence-electron chi connectivity index (χ4n) is 2.64. The van der Waals surface area contributed by atoms with Gasteiger partial charge in [-0.3, -0.25) is 14.5 Å². The number of halogens is 3. The quantitative estimate of drug-likeness (QED) is 0.877. The van der Waals surface area contributed by atoms with Gasteiger partial charge in [0.1, 0.15) is 0 Å². The van der Waals surface area contributed by atoms with Gasteiger partial charge in [0.25, 0.3) is 5.91 Å². The number of piperazine rings is 1. The van der Waals surface area contributed by atoms with Crippen LogP contribution in [0, 0.1) is 0 Å². The molecule has 1 fully saturated rings. The van der Waals surface area contributed by atoms with Crippen LogP contribution in [0.4, 0.5) is 13.2 Å². The molecule has 138 valence electrons. The molecule has 2 rings (SSSR count). The molecule has 8 heteroatoms. The Labute approximate surface area is 144 Å². The molecule has 0 bridgehead atoms. The average molecular weight is 357 g/mol. The summed E-state index contributed by atoms with van der Waals surface area (Å²) in [5, 5.41) is 2.79. The number of amides is 2. The van der Waals surface area contributed by atoms with Gasteiger partial charge in [-0.2, -0.15) is 13.2 Å². The molecule has 1 N–H and O–H groups in total. The second-order valence-electron chi connectivity index (χ2n) is 6.00. The highest BCUT2D eigenvalue weighted by Gasteiger charge is 2.31. The van der Waals surface area contributed by atoms with Crippen molar-refractivity contribution in [3.8, 4) is 0 Å². The van der Waals surface area contributed by atoms with Crippen LogP contribution in [0.3, 0.4) is 0 Å². The van der Waals surface area contributed by atoms with Gasteiger partial charge in [-0.25, -0.2) is 0 Å². The fraction of sp³-hybridized carbons (Fsp3) is 0.529. The van der Waals surface area contributed by atoms with E-state index in [0.29, 0.717) is 32.7 Å². The third-order valence-electron chi connectivity index (χ3n) is 4.04. The van der Waals surface area contributed by atoms with Crippen molar-refractivity contribution in [1.82, 2.24) is 15.1 Å². The van der Waals surface area contributed by atoms with Crippen LogP contribution in [-0.2, 0) is 11.0 Å². The summed E-state index contributed by atoms with van der Waals surface area (Å²) < 4.78 is 38.3. The molecule has 0 radical (unpaired) electrons. The standard InChI is InChI=1S/C17H22F3N3O2/c1-2-6-21-15(24)12-22-7-9-23(10-8-22)16(25)13-4-3-5-14(11-13)17(18,19)20/h3-5,11H,2,6-10,12H2,1H3,(H,21,24). The van der Waals surface area contributed by atoms with Gasteiger partial charge >= 0.3 is 6.18 Å². The van der Waals surface area contributed by atoms with Crippen LogP contribution in [0.25, 0.3) is 0 Å². The van der Waals surface area contributed by atoms with Gasteiger partial charge in [0, 0.05) is 38.3 Å². The molecule has 0 saturated carbocycles. The monoisotopic (exact) mass is 357 g/mol. The Bertz CT molecular complexity index is 611. The molecule has 1 aliphatic rings. The van der Waals surface area contributed by atoms with Crippen LogP contribution in [0.5, 0.6) is 0 Å². The molecule has 2 amide bonds. The van der Waals surface area contributed by atoms with E-state index in [-0.39, 0.29) is 18.0 Å². The summed E-state index contributed by atoms with van der Waals surface area (Å²) in [7, 11) is 0. The van der Waals surface area contributed by atoms with Crippen molar-refractivity contribution in [2.24, 2.45) is 0 Å². The molecule has 0 aliphatic carbocycles. The van der Waals surface area contributed by atoms with Gasteiger partial charge in [0.2, 0.25) is 5.91 Å². The van der Waals surface area contributed by atoms with E-state index in [1.807, 2.05) is 11.8 Å². The maximum Gasteiger partial charge on any atom is 0.416 e. The molecule has 0 spiro atoms. The Morgan fingerprint density at radius 1 is 1.16 bits per heavy atom. The summed E-state index contributed by atoms with van der Waals surface area (Å²) in [5.41, 5.74) is -0.798. The number of rotatable bonds is 5. The molecule has 1 saturated heterocycles. The molecule has 1 aromatic rings. The first kappa shape index (κ1) is 19.2. The number of carbonyl (C=O) groups excluding carboxylic acids is 2. The van der Waals surface area contributed by atoms with E-state index in [9.17, 15) is 22.8 Å².